The molecule has 0 spiro atoms. The maximum Gasteiger partial charge on any atom is 0.219 e. The highest BCUT2D eigenvalue weighted by Gasteiger charge is 1.99. The molecule has 0 heterocycles. The molecule has 1 N–H and O–H groups in total. The molecule has 0 atom stereocenters. The van der Waals surface area contributed by atoms with E-state index >= 15 is 0 Å². The quantitative estimate of drug-likeness (QED) is 0.556. The Hall–Kier alpha value is -1.06. The monoisotopic (exact) mass is 242 g/mol. The lowest BCUT2D eigenvalue weighted by Crippen LogP contribution is -2.24. The van der Waals surface area contributed by atoms with Gasteiger partial charge >= 0.3 is 0 Å². The van der Waals surface area contributed by atoms with Crippen LogP contribution in [0, 0.1) is 0 Å². The number of hydrogen-bond acceptors (Lipinski definition) is 3. The minimum atomic E-state index is -0.995. The molecule has 0 aromatic heterocycles. The summed E-state index contributed by atoms with van der Waals surface area (Å²) in [5.74, 6) is -0.883. The minimum Gasteiger partial charge on any atom is -0.550 e. The third kappa shape index (κ3) is 12.9. The molecule has 0 aliphatic rings. The normalized spacial score (nSPS) is 10.2. The molecule has 0 aliphatic heterocycles. The van der Waals surface area contributed by atoms with Gasteiger partial charge in [-0.1, -0.05) is 32.6 Å². The van der Waals surface area contributed by atoms with Crippen LogP contribution in [-0.4, -0.2) is 18.4 Å². The van der Waals surface area contributed by atoms with Crippen LogP contribution in [0.2, 0.25) is 0 Å². The highest BCUT2D eigenvalue weighted by atomic mass is 16.4. The Morgan fingerprint density at radius 1 is 0.941 bits per heavy atom. The zero-order valence-corrected chi connectivity index (χ0v) is 10.8. The topological polar surface area (TPSA) is 69.2 Å². The summed E-state index contributed by atoms with van der Waals surface area (Å²) in [4.78, 5) is 21.5. The number of amides is 1. The minimum absolute atomic E-state index is 0.112. The Morgan fingerprint density at radius 2 is 1.59 bits per heavy atom. The van der Waals surface area contributed by atoms with Gasteiger partial charge in [0.15, 0.2) is 0 Å². The lowest BCUT2D eigenvalue weighted by Gasteiger charge is -2.05. The first-order valence-corrected chi connectivity index (χ1v) is 6.63. The van der Waals surface area contributed by atoms with Gasteiger partial charge in [0.2, 0.25) is 5.91 Å². The van der Waals surface area contributed by atoms with Crippen LogP contribution in [0.3, 0.4) is 0 Å². The van der Waals surface area contributed by atoms with E-state index in [4.69, 9.17) is 0 Å². The number of carboxylic acids is 1. The molecule has 4 heteroatoms. The van der Waals surface area contributed by atoms with Gasteiger partial charge in [0.05, 0.1) is 0 Å². The van der Waals surface area contributed by atoms with E-state index in [9.17, 15) is 14.7 Å². The Bertz CT molecular complexity index is 217. The first-order valence-electron chi connectivity index (χ1n) is 6.63. The number of nitrogens with one attached hydrogen (secondary N) is 1. The molecular formula is C13H24NO3-. The van der Waals surface area contributed by atoms with Crippen molar-refractivity contribution >= 4 is 11.9 Å². The van der Waals surface area contributed by atoms with Crippen molar-refractivity contribution in [3.05, 3.63) is 0 Å². The molecule has 0 rings (SSSR count). The maximum absolute atomic E-state index is 11.3. The molecule has 0 fully saturated rings. The Morgan fingerprint density at radius 3 is 2.24 bits per heavy atom. The average Bonchev–Trinajstić information content (AvgIpc) is 2.29. The average molecular weight is 242 g/mol. The van der Waals surface area contributed by atoms with Gasteiger partial charge < -0.3 is 15.2 Å². The molecule has 0 radical (unpaired) electrons. The van der Waals surface area contributed by atoms with Gasteiger partial charge in [-0.15, -0.1) is 0 Å². The second-order valence-electron chi connectivity index (χ2n) is 4.34. The van der Waals surface area contributed by atoms with E-state index < -0.39 is 5.97 Å². The zero-order valence-electron chi connectivity index (χ0n) is 10.8. The highest BCUT2D eigenvalue weighted by Crippen LogP contribution is 2.02. The summed E-state index contributed by atoms with van der Waals surface area (Å²) in [5, 5.41) is 13.0. The fraction of sp³-hybridized carbons (Fsp3) is 0.846. The van der Waals surface area contributed by atoms with Crippen molar-refractivity contribution in [3.8, 4) is 0 Å². The van der Waals surface area contributed by atoms with E-state index in [0.29, 0.717) is 19.4 Å². The molecule has 0 bridgehead atoms. The van der Waals surface area contributed by atoms with Crippen molar-refractivity contribution < 1.29 is 14.7 Å². The summed E-state index contributed by atoms with van der Waals surface area (Å²) in [6.07, 6.45) is 7.48. The smallest absolute Gasteiger partial charge is 0.219 e. The summed E-state index contributed by atoms with van der Waals surface area (Å²) in [6, 6.07) is 0. The van der Waals surface area contributed by atoms with Gasteiger partial charge in [-0.3, -0.25) is 4.79 Å². The van der Waals surface area contributed by atoms with E-state index in [-0.39, 0.29) is 12.3 Å². The fourth-order valence-electron chi connectivity index (χ4n) is 1.60. The first-order chi connectivity index (χ1) is 8.16. The molecule has 0 unspecified atom stereocenters. The van der Waals surface area contributed by atoms with Crippen molar-refractivity contribution in [2.24, 2.45) is 0 Å². The van der Waals surface area contributed by atoms with Gasteiger partial charge in [0.25, 0.3) is 0 Å². The predicted molar refractivity (Wildman–Crippen MR) is 65.2 cm³/mol. The van der Waals surface area contributed by atoms with E-state index in [1.807, 2.05) is 0 Å². The largest absolute Gasteiger partial charge is 0.550 e. The SMILES string of the molecule is CCCCCCC(=O)NCCCCCC(=O)[O-]. The summed E-state index contributed by atoms with van der Waals surface area (Å²) >= 11 is 0. The van der Waals surface area contributed by atoms with Crippen LogP contribution >= 0.6 is 0 Å². The molecule has 0 saturated heterocycles. The van der Waals surface area contributed by atoms with Crippen LogP contribution < -0.4 is 10.4 Å². The first kappa shape index (κ1) is 15.9. The Labute approximate surface area is 104 Å². The van der Waals surface area contributed by atoms with Crippen LogP contribution in [0.5, 0.6) is 0 Å². The molecule has 0 aromatic rings. The summed E-state index contributed by atoms with van der Waals surface area (Å²) in [6.45, 7) is 2.80. The molecule has 17 heavy (non-hydrogen) atoms. The molecule has 1 amide bonds. The second kappa shape index (κ2) is 11.4. The molecular weight excluding hydrogens is 218 g/mol. The summed E-state index contributed by atoms with van der Waals surface area (Å²) < 4.78 is 0. The molecule has 0 aromatic carbocycles. The van der Waals surface area contributed by atoms with Gasteiger partial charge in [0, 0.05) is 18.9 Å². The summed E-state index contributed by atoms with van der Waals surface area (Å²) in [5.41, 5.74) is 0. The number of aliphatic carboxylic acids is 1. The van der Waals surface area contributed by atoms with Gasteiger partial charge in [-0.05, 0) is 25.7 Å². The lowest BCUT2D eigenvalue weighted by molar-refractivity contribution is -0.305. The van der Waals surface area contributed by atoms with Crippen LogP contribution in [0.15, 0.2) is 0 Å². The van der Waals surface area contributed by atoms with Crippen LogP contribution in [0.25, 0.3) is 0 Å². The highest BCUT2D eigenvalue weighted by molar-refractivity contribution is 5.75. The number of carboxylic acid groups (broad SMARTS) is 1. The molecule has 4 nitrogen and oxygen atoms in total. The van der Waals surface area contributed by atoms with Gasteiger partial charge in [0.1, 0.15) is 0 Å². The van der Waals surface area contributed by atoms with Crippen molar-refractivity contribution in [1.82, 2.24) is 5.32 Å². The van der Waals surface area contributed by atoms with E-state index in [0.717, 1.165) is 25.7 Å². The van der Waals surface area contributed by atoms with Crippen LogP contribution in [-0.2, 0) is 9.59 Å². The van der Waals surface area contributed by atoms with Crippen LogP contribution in [0.1, 0.15) is 64.7 Å². The fourth-order valence-corrected chi connectivity index (χ4v) is 1.60. The number of carbonyl (C=O) groups is 2. The van der Waals surface area contributed by atoms with E-state index in [1.165, 1.54) is 12.8 Å². The third-order valence-electron chi connectivity index (χ3n) is 2.64. The van der Waals surface area contributed by atoms with Gasteiger partial charge in [-0.25, -0.2) is 0 Å². The number of rotatable bonds is 11. The summed E-state index contributed by atoms with van der Waals surface area (Å²) in [7, 11) is 0. The number of hydrogen-bond donors (Lipinski definition) is 1. The molecule has 100 valence electrons. The number of unbranched alkanes of at least 4 members (excludes halogenated alkanes) is 5. The van der Waals surface area contributed by atoms with Crippen molar-refractivity contribution in [2.45, 2.75) is 64.7 Å². The maximum atomic E-state index is 11.3. The van der Waals surface area contributed by atoms with Crippen molar-refractivity contribution in [2.75, 3.05) is 6.54 Å². The van der Waals surface area contributed by atoms with Crippen LogP contribution in [0.4, 0.5) is 0 Å². The zero-order chi connectivity index (χ0) is 12.9. The van der Waals surface area contributed by atoms with Gasteiger partial charge in [-0.2, -0.15) is 0 Å². The Balaban J connectivity index is 3.19. The Kier molecular flexibility index (Phi) is 10.7. The van der Waals surface area contributed by atoms with Crippen molar-refractivity contribution in [3.63, 3.8) is 0 Å². The van der Waals surface area contributed by atoms with E-state index in [1.54, 1.807) is 0 Å². The predicted octanol–water partition coefficient (Wildman–Crippen LogP) is 1.38. The van der Waals surface area contributed by atoms with E-state index in [2.05, 4.69) is 12.2 Å². The number of carbonyl (C=O) groups excluding carboxylic acids is 2. The third-order valence-corrected chi connectivity index (χ3v) is 2.64. The molecule has 0 aliphatic carbocycles. The second-order valence-corrected chi connectivity index (χ2v) is 4.34. The lowest BCUT2D eigenvalue weighted by atomic mass is 10.1. The van der Waals surface area contributed by atoms with Crippen molar-refractivity contribution in [1.29, 1.82) is 0 Å². The molecule has 0 saturated carbocycles. The standard InChI is InChI=1S/C13H25NO3/c1-2-3-4-6-9-12(15)14-11-8-5-7-10-13(16)17/h2-11H2,1H3,(H,14,15)(H,16,17)/p-1.